The van der Waals surface area contributed by atoms with Crippen LogP contribution in [0.25, 0.3) is 33.2 Å². The number of hydrogen-bond donors (Lipinski definition) is 0. The minimum atomic E-state index is 0.204. The molecule has 0 amide bonds. The van der Waals surface area contributed by atoms with Gasteiger partial charge < -0.3 is 14.2 Å². The van der Waals surface area contributed by atoms with Crippen LogP contribution in [0.4, 0.5) is 0 Å². The van der Waals surface area contributed by atoms with E-state index in [4.69, 9.17) is 16.3 Å². The SMILES string of the molecule is COc1cccc2c(-c3cncc(-c4ccc(Cl)cc4)c3)cn(CCN3CCC(C#N)CC3)c12. The van der Waals surface area contributed by atoms with Crippen LogP contribution in [-0.2, 0) is 6.54 Å². The average molecular weight is 471 g/mol. The van der Waals surface area contributed by atoms with Gasteiger partial charge in [-0.3, -0.25) is 4.98 Å². The largest absolute Gasteiger partial charge is 0.495 e. The molecule has 0 N–H and O–H groups in total. The highest BCUT2D eigenvalue weighted by molar-refractivity contribution is 6.30. The van der Waals surface area contributed by atoms with Gasteiger partial charge in [-0.2, -0.15) is 5.26 Å². The molecule has 172 valence electrons. The van der Waals surface area contributed by atoms with Crippen LogP contribution in [0.5, 0.6) is 5.75 Å². The summed E-state index contributed by atoms with van der Waals surface area (Å²) in [4.78, 5) is 7.00. The molecule has 5 rings (SSSR count). The van der Waals surface area contributed by atoms with Crippen molar-refractivity contribution in [1.82, 2.24) is 14.5 Å². The average Bonchev–Trinajstić information content (AvgIpc) is 3.27. The van der Waals surface area contributed by atoms with Gasteiger partial charge in [0.2, 0.25) is 0 Å². The molecule has 1 fully saturated rings. The lowest BCUT2D eigenvalue weighted by Crippen LogP contribution is -2.35. The van der Waals surface area contributed by atoms with E-state index < -0.39 is 0 Å². The van der Waals surface area contributed by atoms with Crippen LogP contribution in [-0.4, -0.2) is 41.2 Å². The standard InChI is InChI=1S/C28H27ClN4O/c1-34-27-4-2-3-25-26(23-15-22(17-31-18-23)21-5-7-24(29)8-6-21)19-33(28(25)27)14-13-32-11-9-20(16-30)10-12-32/h2-8,15,17-20H,9-14H2,1H3. The number of piperidine rings is 1. The second-order valence-corrected chi connectivity index (χ2v) is 9.24. The Labute approximate surface area is 205 Å². The van der Waals surface area contributed by atoms with E-state index in [1.54, 1.807) is 7.11 Å². The van der Waals surface area contributed by atoms with Crippen LogP contribution in [0, 0.1) is 17.2 Å². The summed E-state index contributed by atoms with van der Waals surface area (Å²) in [6, 6.07) is 18.6. The van der Waals surface area contributed by atoms with Crippen LogP contribution < -0.4 is 4.74 Å². The molecule has 1 aliphatic rings. The number of para-hydroxylation sites is 1. The lowest BCUT2D eigenvalue weighted by molar-refractivity contribution is 0.199. The molecule has 0 bridgehead atoms. The molecule has 0 unspecified atom stereocenters. The third-order valence-electron chi connectivity index (χ3n) is 6.74. The molecule has 1 saturated heterocycles. The van der Waals surface area contributed by atoms with Crippen molar-refractivity contribution in [3.63, 3.8) is 0 Å². The summed E-state index contributed by atoms with van der Waals surface area (Å²) in [6.07, 6.45) is 7.95. The fourth-order valence-electron chi connectivity index (χ4n) is 4.82. The zero-order chi connectivity index (χ0) is 23.5. The van der Waals surface area contributed by atoms with Gasteiger partial charge in [-0.25, -0.2) is 0 Å². The van der Waals surface area contributed by atoms with Crippen molar-refractivity contribution in [2.45, 2.75) is 19.4 Å². The molecule has 4 aromatic rings. The number of likely N-dealkylation sites (tertiary alicyclic amines) is 1. The Bertz CT molecular complexity index is 1330. The minimum absolute atomic E-state index is 0.204. The molecule has 5 nitrogen and oxygen atoms in total. The second kappa shape index (κ2) is 9.89. The zero-order valence-electron chi connectivity index (χ0n) is 19.2. The number of aromatic nitrogens is 2. The van der Waals surface area contributed by atoms with E-state index in [1.807, 2.05) is 48.8 Å². The second-order valence-electron chi connectivity index (χ2n) is 8.81. The van der Waals surface area contributed by atoms with E-state index in [0.717, 1.165) is 82.9 Å². The summed E-state index contributed by atoms with van der Waals surface area (Å²) in [7, 11) is 1.72. The first-order valence-corrected chi connectivity index (χ1v) is 12.0. The van der Waals surface area contributed by atoms with E-state index >= 15 is 0 Å². The fraction of sp³-hybridized carbons (Fsp3) is 0.286. The van der Waals surface area contributed by atoms with Crippen molar-refractivity contribution in [2.75, 3.05) is 26.7 Å². The van der Waals surface area contributed by atoms with E-state index in [-0.39, 0.29) is 5.92 Å². The smallest absolute Gasteiger partial charge is 0.143 e. The summed E-state index contributed by atoms with van der Waals surface area (Å²) >= 11 is 6.08. The van der Waals surface area contributed by atoms with Gasteiger partial charge in [-0.15, -0.1) is 0 Å². The summed E-state index contributed by atoms with van der Waals surface area (Å²) in [6.45, 7) is 3.77. The molecule has 0 saturated carbocycles. The monoisotopic (exact) mass is 470 g/mol. The maximum absolute atomic E-state index is 9.18. The Hall–Kier alpha value is -3.33. The molecule has 3 heterocycles. The first-order chi connectivity index (χ1) is 16.7. The van der Waals surface area contributed by atoms with Crippen LogP contribution >= 0.6 is 11.6 Å². The summed E-state index contributed by atoms with van der Waals surface area (Å²) in [5.41, 5.74) is 5.45. The number of hydrogen-bond acceptors (Lipinski definition) is 4. The topological polar surface area (TPSA) is 54.1 Å². The highest BCUT2D eigenvalue weighted by Crippen LogP contribution is 2.36. The fourth-order valence-corrected chi connectivity index (χ4v) is 4.95. The third-order valence-corrected chi connectivity index (χ3v) is 6.99. The maximum atomic E-state index is 9.18. The number of rotatable bonds is 6. The van der Waals surface area contributed by atoms with E-state index in [9.17, 15) is 5.26 Å². The van der Waals surface area contributed by atoms with Gasteiger partial charge in [0.25, 0.3) is 0 Å². The van der Waals surface area contributed by atoms with Gasteiger partial charge in [-0.05, 0) is 55.8 Å². The molecular weight excluding hydrogens is 444 g/mol. The minimum Gasteiger partial charge on any atom is -0.495 e. The summed E-state index contributed by atoms with van der Waals surface area (Å²) in [5.74, 6) is 1.07. The van der Waals surface area contributed by atoms with Gasteiger partial charge in [0.05, 0.1) is 18.7 Å². The van der Waals surface area contributed by atoms with E-state index in [1.165, 1.54) is 0 Å². The number of nitriles is 1. The van der Waals surface area contributed by atoms with Crippen LogP contribution in [0.1, 0.15) is 12.8 Å². The Morgan fingerprint density at radius 2 is 1.79 bits per heavy atom. The molecule has 6 heteroatoms. The Balaban J connectivity index is 1.48. The zero-order valence-corrected chi connectivity index (χ0v) is 20.0. The number of benzene rings is 2. The Kier molecular flexibility index (Phi) is 6.53. The predicted octanol–water partition coefficient (Wildman–Crippen LogP) is 6.27. The van der Waals surface area contributed by atoms with Gasteiger partial charge >= 0.3 is 0 Å². The Morgan fingerprint density at radius 1 is 1.03 bits per heavy atom. The van der Waals surface area contributed by atoms with Gasteiger partial charge in [0.1, 0.15) is 5.75 Å². The lowest BCUT2D eigenvalue weighted by Gasteiger charge is -2.29. The van der Waals surface area contributed by atoms with Gasteiger partial charge in [-0.1, -0.05) is 35.9 Å². The van der Waals surface area contributed by atoms with Crippen LogP contribution in [0.15, 0.2) is 67.1 Å². The molecule has 0 spiro atoms. The molecule has 2 aromatic heterocycles. The summed E-state index contributed by atoms with van der Waals surface area (Å²) < 4.78 is 8.04. The molecule has 0 radical (unpaired) electrons. The number of methoxy groups -OCH3 is 1. The van der Waals surface area contributed by atoms with E-state index in [2.05, 4.69) is 38.8 Å². The summed E-state index contributed by atoms with van der Waals surface area (Å²) in [5, 5.41) is 11.1. The van der Waals surface area contributed by atoms with Crippen molar-refractivity contribution >= 4 is 22.5 Å². The highest BCUT2D eigenvalue weighted by atomic mass is 35.5. The first-order valence-electron chi connectivity index (χ1n) is 11.7. The molecule has 34 heavy (non-hydrogen) atoms. The first kappa shape index (κ1) is 22.5. The lowest BCUT2D eigenvalue weighted by atomic mass is 9.99. The molecular formula is C28H27ClN4O. The number of fused-ring (bicyclic) bond motifs is 1. The van der Waals surface area contributed by atoms with Crippen molar-refractivity contribution in [3.05, 3.63) is 72.1 Å². The normalized spacial score (nSPS) is 14.9. The van der Waals surface area contributed by atoms with E-state index in [0.29, 0.717) is 0 Å². The number of pyridine rings is 1. The molecule has 2 aromatic carbocycles. The molecule has 1 aliphatic heterocycles. The van der Waals surface area contributed by atoms with Crippen molar-refractivity contribution in [2.24, 2.45) is 5.92 Å². The predicted molar refractivity (Wildman–Crippen MR) is 137 cm³/mol. The molecule has 0 aliphatic carbocycles. The van der Waals surface area contributed by atoms with Crippen molar-refractivity contribution in [1.29, 1.82) is 5.26 Å². The van der Waals surface area contributed by atoms with Crippen LogP contribution in [0.2, 0.25) is 5.02 Å². The molecule has 0 atom stereocenters. The van der Waals surface area contributed by atoms with Gasteiger partial charge in [0.15, 0.2) is 0 Å². The maximum Gasteiger partial charge on any atom is 0.143 e. The van der Waals surface area contributed by atoms with Crippen LogP contribution in [0.3, 0.4) is 0 Å². The number of nitrogens with zero attached hydrogens (tertiary/aromatic N) is 4. The van der Waals surface area contributed by atoms with Crippen molar-refractivity contribution in [3.8, 4) is 34.1 Å². The number of halogens is 1. The quantitative estimate of drug-likeness (QED) is 0.333. The van der Waals surface area contributed by atoms with Gasteiger partial charge in [0, 0.05) is 64.7 Å². The Morgan fingerprint density at radius 3 is 2.53 bits per heavy atom. The third kappa shape index (κ3) is 4.52. The number of ether oxygens (including phenoxy) is 1. The highest BCUT2D eigenvalue weighted by Gasteiger charge is 2.20. The van der Waals surface area contributed by atoms with Crippen molar-refractivity contribution < 1.29 is 4.74 Å².